The quantitative estimate of drug-likeness (QED) is 0.943. The first-order valence-electron chi connectivity index (χ1n) is 7.14. The van der Waals surface area contributed by atoms with Crippen molar-refractivity contribution in [1.29, 1.82) is 0 Å². The van der Waals surface area contributed by atoms with E-state index in [0.717, 1.165) is 48.3 Å². The number of rotatable bonds is 3. The lowest BCUT2D eigenvalue weighted by molar-refractivity contribution is 0.677. The molecule has 4 heteroatoms. The van der Waals surface area contributed by atoms with Crippen molar-refractivity contribution in [3.63, 3.8) is 0 Å². The van der Waals surface area contributed by atoms with E-state index in [1.54, 1.807) is 0 Å². The highest BCUT2D eigenvalue weighted by Crippen LogP contribution is 2.35. The molecule has 1 aromatic carbocycles. The van der Waals surface area contributed by atoms with Crippen molar-refractivity contribution in [3.05, 3.63) is 41.4 Å². The smallest absolute Gasteiger partial charge is 0.0953 e. The summed E-state index contributed by atoms with van der Waals surface area (Å²) in [5, 5.41) is 1.79. The molecule has 0 aliphatic carbocycles. The van der Waals surface area contributed by atoms with Gasteiger partial charge in [0.05, 0.1) is 16.2 Å². The van der Waals surface area contributed by atoms with Crippen LogP contribution in [0.15, 0.2) is 24.4 Å². The van der Waals surface area contributed by atoms with Gasteiger partial charge in [-0.3, -0.25) is 4.98 Å². The Labute approximate surface area is 124 Å². The van der Waals surface area contributed by atoms with E-state index in [2.05, 4.69) is 22.4 Å². The second-order valence-electron chi connectivity index (χ2n) is 5.16. The van der Waals surface area contributed by atoms with Gasteiger partial charge in [-0.2, -0.15) is 0 Å². The van der Waals surface area contributed by atoms with Crippen LogP contribution in [0.25, 0.3) is 10.9 Å². The lowest BCUT2D eigenvalue weighted by Crippen LogP contribution is -2.31. The van der Waals surface area contributed by atoms with Crippen LogP contribution in [0.1, 0.15) is 18.4 Å². The fourth-order valence-corrected chi connectivity index (χ4v) is 3.20. The molecule has 3 rings (SSSR count). The Morgan fingerprint density at radius 2 is 2.10 bits per heavy atom. The summed E-state index contributed by atoms with van der Waals surface area (Å²) in [7, 11) is 0. The van der Waals surface area contributed by atoms with Gasteiger partial charge in [0.1, 0.15) is 0 Å². The van der Waals surface area contributed by atoms with Crippen molar-refractivity contribution in [2.75, 3.05) is 24.5 Å². The zero-order valence-corrected chi connectivity index (χ0v) is 12.2. The summed E-state index contributed by atoms with van der Waals surface area (Å²) in [5.41, 5.74) is 9.21. The summed E-state index contributed by atoms with van der Waals surface area (Å²) in [5.74, 6) is 0. The largest absolute Gasteiger partial charge is 0.370 e. The molecule has 1 aliphatic heterocycles. The van der Waals surface area contributed by atoms with Crippen LogP contribution in [-0.4, -0.2) is 24.6 Å². The van der Waals surface area contributed by atoms with Gasteiger partial charge in [0, 0.05) is 24.7 Å². The number of hydrogen-bond donors (Lipinski definition) is 1. The van der Waals surface area contributed by atoms with Crippen molar-refractivity contribution in [2.45, 2.75) is 19.3 Å². The molecule has 1 aromatic heterocycles. The Hall–Kier alpha value is -1.32. The van der Waals surface area contributed by atoms with Gasteiger partial charge in [-0.1, -0.05) is 11.6 Å². The van der Waals surface area contributed by atoms with Gasteiger partial charge in [-0.05, 0) is 56.0 Å². The molecule has 1 saturated heterocycles. The first-order chi connectivity index (χ1) is 9.81. The molecule has 105 valence electrons. The van der Waals surface area contributed by atoms with Gasteiger partial charge in [0.25, 0.3) is 0 Å². The molecule has 1 radical (unpaired) electrons. The molecule has 20 heavy (non-hydrogen) atoms. The standard InChI is InChI=1S/C16H19ClN3/c17-14-11-12(6-7-18)16(20-9-2-1-3-10-20)15-13(14)5-4-8-19-15/h1,4-5,8,11H,2-3,6-7,9-10,18H2. The molecular weight excluding hydrogens is 270 g/mol. The number of piperidine rings is 1. The zero-order chi connectivity index (χ0) is 13.9. The number of fused-ring (bicyclic) bond motifs is 1. The van der Waals surface area contributed by atoms with E-state index in [1.165, 1.54) is 11.3 Å². The Balaban J connectivity index is 2.19. The van der Waals surface area contributed by atoms with Crippen LogP contribution in [0.5, 0.6) is 0 Å². The van der Waals surface area contributed by atoms with Gasteiger partial charge in [-0.25, -0.2) is 0 Å². The zero-order valence-electron chi connectivity index (χ0n) is 11.5. The number of nitrogens with zero attached hydrogens (tertiary/aromatic N) is 2. The second-order valence-corrected chi connectivity index (χ2v) is 5.56. The molecule has 2 heterocycles. The number of benzene rings is 1. The minimum absolute atomic E-state index is 0.627. The maximum atomic E-state index is 6.40. The Kier molecular flexibility index (Phi) is 4.08. The van der Waals surface area contributed by atoms with Crippen LogP contribution in [0, 0.1) is 6.42 Å². The molecule has 0 spiro atoms. The molecule has 0 saturated carbocycles. The van der Waals surface area contributed by atoms with E-state index >= 15 is 0 Å². The van der Waals surface area contributed by atoms with Crippen LogP contribution in [0.2, 0.25) is 5.02 Å². The summed E-state index contributed by atoms with van der Waals surface area (Å²) >= 11 is 6.40. The Bertz CT molecular complexity index is 606. The van der Waals surface area contributed by atoms with Crippen LogP contribution < -0.4 is 10.6 Å². The molecule has 2 aromatic rings. The molecule has 0 amide bonds. The van der Waals surface area contributed by atoms with E-state index in [9.17, 15) is 0 Å². The third kappa shape index (κ3) is 2.48. The van der Waals surface area contributed by atoms with Crippen LogP contribution in [0.3, 0.4) is 0 Å². The Morgan fingerprint density at radius 3 is 2.85 bits per heavy atom. The lowest BCUT2D eigenvalue weighted by Gasteiger charge is -2.31. The van der Waals surface area contributed by atoms with Crippen molar-refractivity contribution >= 4 is 28.2 Å². The van der Waals surface area contributed by atoms with Gasteiger partial charge >= 0.3 is 0 Å². The maximum absolute atomic E-state index is 6.40. The summed E-state index contributed by atoms with van der Waals surface area (Å²) in [6.07, 6.45) is 7.27. The monoisotopic (exact) mass is 288 g/mol. The average molecular weight is 289 g/mol. The molecule has 2 N–H and O–H groups in total. The SMILES string of the molecule is NCCc1cc(Cl)c2cccnc2c1N1CC[CH]CC1. The summed E-state index contributed by atoms with van der Waals surface area (Å²) < 4.78 is 0. The third-order valence-corrected chi connectivity index (χ3v) is 4.14. The molecule has 0 atom stereocenters. The van der Waals surface area contributed by atoms with Gasteiger partial charge < -0.3 is 10.6 Å². The molecule has 0 bridgehead atoms. The lowest BCUT2D eigenvalue weighted by atomic mass is 10.0. The van der Waals surface area contributed by atoms with Crippen LogP contribution >= 0.6 is 11.6 Å². The number of aromatic nitrogens is 1. The molecule has 0 unspecified atom stereocenters. The van der Waals surface area contributed by atoms with Crippen LogP contribution in [-0.2, 0) is 6.42 Å². The normalized spacial score (nSPS) is 15.8. The number of halogens is 1. The van der Waals surface area contributed by atoms with E-state index < -0.39 is 0 Å². The minimum atomic E-state index is 0.627. The highest BCUT2D eigenvalue weighted by atomic mass is 35.5. The van der Waals surface area contributed by atoms with E-state index in [4.69, 9.17) is 17.3 Å². The van der Waals surface area contributed by atoms with Crippen molar-refractivity contribution in [2.24, 2.45) is 5.73 Å². The van der Waals surface area contributed by atoms with Crippen molar-refractivity contribution in [3.8, 4) is 0 Å². The number of pyridine rings is 1. The van der Waals surface area contributed by atoms with E-state index in [0.29, 0.717) is 6.54 Å². The van der Waals surface area contributed by atoms with Crippen molar-refractivity contribution in [1.82, 2.24) is 4.98 Å². The van der Waals surface area contributed by atoms with Gasteiger partial charge in [0.2, 0.25) is 0 Å². The van der Waals surface area contributed by atoms with Crippen molar-refractivity contribution < 1.29 is 0 Å². The summed E-state index contributed by atoms with van der Waals surface area (Å²) in [4.78, 5) is 7.01. The first-order valence-corrected chi connectivity index (χ1v) is 7.52. The predicted molar refractivity (Wildman–Crippen MR) is 85.3 cm³/mol. The minimum Gasteiger partial charge on any atom is -0.370 e. The second kappa shape index (κ2) is 5.98. The van der Waals surface area contributed by atoms with Gasteiger partial charge in [0.15, 0.2) is 0 Å². The third-order valence-electron chi connectivity index (χ3n) is 3.83. The molecular formula is C16H19ClN3. The number of nitrogens with two attached hydrogens (primary N) is 1. The van der Waals surface area contributed by atoms with E-state index in [1.807, 2.05) is 18.3 Å². The molecule has 3 nitrogen and oxygen atoms in total. The fraction of sp³-hybridized carbons (Fsp3) is 0.375. The maximum Gasteiger partial charge on any atom is 0.0953 e. The van der Waals surface area contributed by atoms with Crippen LogP contribution in [0.4, 0.5) is 5.69 Å². The Morgan fingerprint density at radius 1 is 1.30 bits per heavy atom. The molecule has 1 aliphatic rings. The highest BCUT2D eigenvalue weighted by molar-refractivity contribution is 6.36. The predicted octanol–water partition coefficient (Wildman–Crippen LogP) is 3.19. The first kappa shape index (κ1) is 13.7. The fourth-order valence-electron chi connectivity index (χ4n) is 2.91. The highest BCUT2D eigenvalue weighted by Gasteiger charge is 2.19. The topological polar surface area (TPSA) is 42.1 Å². The molecule has 1 fully saturated rings. The van der Waals surface area contributed by atoms with E-state index in [-0.39, 0.29) is 0 Å². The van der Waals surface area contributed by atoms with Gasteiger partial charge in [-0.15, -0.1) is 0 Å². The number of anilines is 1. The number of hydrogen-bond acceptors (Lipinski definition) is 3. The summed E-state index contributed by atoms with van der Waals surface area (Å²) in [6, 6.07) is 6.03. The average Bonchev–Trinajstić information content (AvgIpc) is 2.49. The summed E-state index contributed by atoms with van der Waals surface area (Å²) in [6.45, 7) is 2.72.